The number of rotatable bonds is 10. The molecule has 1 amide bonds. The molecule has 0 aliphatic rings. The van der Waals surface area contributed by atoms with Gasteiger partial charge in [0.15, 0.2) is 6.29 Å². The van der Waals surface area contributed by atoms with E-state index in [9.17, 15) is 9.59 Å². The van der Waals surface area contributed by atoms with Gasteiger partial charge in [0, 0.05) is 13.2 Å². The van der Waals surface area contributed by atoms with Crippen LogP contribution >= 0.6 is 0 Å². The molecule has 0 saturated heterocycles. The molecule has 110 valence electrons. The lowest BCUT2D eigenvalue weighted by Gasteiger charge is -2.26. The predicted molar refractivity (Wildman–Crippen MR) is 67.8 cm³/mol. The fourth-order valence-corrected chi connectivity index (χ4v) is 1.34. The van der Waals surface area contributed by atoms with Crippen molar-refractivity contribution in [2.45, 2.75) is 32.6 Å². The summed E-state index contributed by atoms with van der Waals surface area (Å²) in [6.45, 7) is 7.62. The van der Waals surface area contributed by atoms with Crippen LogP contribution in [-0.4, -0.2) is 49.3 Å². The Morgan fingerprint density at radius 1 is 1.32 bits per heavy atom. The summed E-state index contributed by atoms with van der Waals surface area (Å²) < 4.78 is 15.3. The maximum absolute atomic E-state index is 11.4. The smallest absolute Gasteiger partial charge is 0.407 e. The van der Waals surface area contributed by atoms with Crippen LogP contribution in [0.2, 0.25) is 0 Å². The van der Waals surface area contributed by atoms with E-state index >= 15 is 0 Å². The molecule has 0 bridgehead atoms. The second-order valence-electron chi connectivity index (χ2n) is 3.51. The highest BCUT2D eigenvalue weighted by molar-refractivity contribution is 5.71. The molecule has 0 fully saturated rings. The Hall–Kier alpha value is -1.60. The molecular weight excluding hydrogens is 254 g/mol. The van der Waals surface area contributed by atoms with Crippen molar-refractivity contribution in [1.82, 2.24) is 5.32 Å². The van der Waals surface area contributed by atoms with Crippen LogP contribution in [0.15, 0.2) is 12.7 Å². The maximum atomic E-state index is 11.4. The van der Waals surface area contributed by atoms with Crippen molar-refractivity contribution in [3.05, 3.63) is 12.7 Å². The molecule has 19 heavy (non-hydrogen) atoms. The van der Waals surface area contributed by atoms with Crippen LogP contribution in [0.4, 0.5) is 4.79 Å². The first-order valence-electron chi connectivity index (χ1n) is 6.04. The molecule has 0 rings (SSSR count). The summed E-state index contributed by atoms with van der Waals surface area (Å²) in [6.07, 6.45) is -0.486. The van der Waals surface area contributed by atoms with Crippen molar-refractivity contribution in [2.24, 2.45) is 0 Å². The third-order valence-corrected chi connectivity index (χ3v) is 2.02. The van der Waals surface area contributed by atoms with Gasteiger partial charge in [-0.15, -0.1) is 0 Å². The lowest BCUT2D eigenvalue weighted by Crippen LogP contribution is -2.47. The number of alkyl carbamates (subject to hydrolysis) is 1. The second kappa shape index (κ2) is 10.3. The normalized spacial score (nSPS) is 11.9. The predicted octanol–water partition coefficient (Wildman–Crippen LogP) is 1.14. The third-order valence-electron chi connectivity index (χ3n) is 2.02. The Bertz CT molecular complexity index is 288. The van der Waals surface area contributed by atoms with Crippen molar-refractivity contribution in [1.29, 1.82) is 0 Å². The molecule has 0 saturated carbocycles. The number of carboxylic acids is 1. The van der Waals surface area contributed by atoms with Gasteiger partial charge in [-0.1, -0.05) is 12.7 Å². The molecule has 0 aromatic carbocycles. The number of carbonyl (C=O) groups is 2. The quantitative estimate of drug-likeness (QED) is 0.458. The summed E-state index contributed by atoms with van der Waals surface area (Å²) in [5.41, 5.74) is 0. The zero-order valence-electron chi connectivity index (χ0n) is 11.3. The van der Waals surface area contributed by atoms with Gasteiger partial charge in [0.25, 0.3) is 0 Å². The van der Waals surface area contributed by atoms with Gasteiger partial charge in [0.1, 0.15) is 6.61 Å². The van der Waals surface area contributed by atoms with Crippen molar-refractivity contribution >= 4 is 12.1 Å². The standard InChI is InChI=1S/C12H21NO6/c1-4-7-19-12(16)13-9(8-10(14)15)11(17-5-2)18-6-3/h4,9,11H,1,5-8H2,2-3H3,(H,13,16)(H,14,15)/t9-/m0/s1. The maximum Gasteiger partial charge on any atom is 0.407 e. The van der Waals surface area contributed by atoms with Gasteiger partial charge in [-0.05, 0) is 13.8 Å². The van der Waals surface area contributed by atoms with Crippen LogP contribution in [-0.2, 0) is 19.0 Å². The Kier molecular flexibility index (Phi) is 9.46. The van der Waals surface area contributed by atoms with Crippen molar-refractivity contribution in [3.8, 4) is 0 Å². The molecule has 0 radical (unpaired) electrons. The molecule has 2 N–H and O–H groups in total. The Balaban J connectivity index is 4.60. The Labute approximate surface area is 112 Å². The van der Waals surface area contributed by atoms with Crippen LogP contribution in [0.25, 0.3) is 0 Å². The van der Waals surface area contributed by atoms with E-state index in [0.29, 0.717) is 13.2 Å². The number of aliphatic carboxylic acids is 1. The van der Waals surface area contributed by atoms with Crippen molar-refractivity contribution in [3.63, 3.8) is 0 Å². The topological polar surface area (TPSA) is 94.1 Å². The van der Waals surface area contributed by atoms with Crippen LogP contribution in [0.1, 0.15) is 20.3 Å². The fraction of sp³-hybridized carbons (Fsp3) is 0.667. The van der Waals surface area contributed by atoms with E-state index in [-0.39, 0.29) is 13.0 Å². The minimum atomic E-state index is -1.07. The van der Waals surface area contributed by atoms with Gasteiger partial charge in [0.2, 0.25) is 0 Å². The lowest BCUT2D eigenvalue weighted by atomic mass is 10.2. The van der Waals surface area contributed by atoms with E-state index in [0.717, 1.165) is 0 Å². The van der Waals surface area contributed by atoms with Crippen LogP contribution in [0.5, 0.6) is 0 Å². The SMILES string of the molecule is C=CCOC(=O)N[C@@H](CC(=O)O)C(OCC)OCC. The molecule has 7 nitrogen and oxygen atoms in total. The molecule has 0 aliphatic heterocycles. The lowest BCUT2D eigenvalue weighted by molar-refractivity contribution is -0.162. The van der Waals surface area contributed by atoms with Crippen LogP contribution in [0.3, 0.4) is 0 Å². The minimum Gasteiger partial charge on any atom is -0.481 e. The molecule has 0 aliphatic carbocycles. The van der Waals surface area contributed by atoms with Crippen LogP contribution in [0, 0.1) is 0 Å². The number of amides is 1. The summed E-state index contributed by atoms with van der Waals surface area (Å²) in [6, 6.07) is -0.824. The van der Waals surface area contributed by atoms with E-state index in [4.69, 9.17) is 19.3 Å². The van der Waals surface area contributed by atoms with E-state index in [2.05, 4.69) is 11.9 Å². The molecular formula is C12H21NO6. The van der Waals surface area contributed by atoms with Crippen molar-refractivity contribution < 1.29 is 28.9 Å². The van der Waals surface area contributed by atoms with E-state index in [1.165, 1.54) is 6.08 Å². The molecule has 7 heteroatoms. The van der Waals surface area contributed by atoms with Gasteiger partial charge in [-0.25, -0.2) is 4.79 Å². The highest BCUT2D eigenvalue weighted by Gasteiger charge is 2.27. The number of nitrogens with one attached hydrogen (secondary N) is 1. The number of hydrogen-bond acceptors (Lipinski definition) is 5. The minimum absolute atomic E-state index is 0.0412. The van der Waals surface area contributed by atoms with Crippen LogP contribution < -0.4 is 5.32 Å². The fourth-order valence-electron chi connectivity index (χ4n) is 1.34. The number of hydrogen-bond donors (Lipinski definition) is 2. The first kappa shape index (κ1) is 17.4. The summed E-state index contributed by atoms with van der Waals surface area (Å²) >= 11 is 0. The molecule has 0 unspecified atom stereocenters. The van der Waals surface area contributed by atoms with E-state index < -0.39 is 24.4 Å². The number of carboxylic acid groups (broad SMARTS) is 1. The summed E-state index contributed by atoms with van der Waals surface area (Å²) in [7, 11) is 0. The number of carbonyl (C=O) groups excluding carboxylic acids is 1. The van der Waals surface area contributed by atoms with E-state index in [1.807, 2.05) is 0 Å². The Morgan fingerprint density at radius 2 is 1.89 bits per heavy atom. The molecule has 0 heterocycles. The van der Waals surface area contributed by atoms with Gasteiger partial charge >= 0.3 is 12.1 Å². The highest BCUT2D eigenvalue weighted by atomic mass is 16.7. The molecule has 0 spiro atoms. The van der Waals surface area contributed by atoms with Gasteiger partial charge < -0.3 is 24.6 Å². The Morgan fingerprint density at radius 3 is 2.32 bits per heavy atom. The zero-order valence-corrected chi connectivity index (χ0v) is 11.3. The largest absolute Gasteiger partial charge is 0.481 e. The average Bonchev–Trinajstić information content (AvgIpc) is 2.34. The first-order valence-corrected chi connectivity index (χ1v) is 6.04. The number of ether oxygens (including phenoxy) is 3. The van der Waals surface area contributed by atoms with E-state index in [1.54, 1.807) is 13.8 Å². The highest BCUT2D eigenvalue weighted by Crippen LogP contribution is 2.07. The summed E-state index contributed by atoms with van der Waals surface area (Å²) in [4.78, 5) is 22.2. The summed E-state index contributed by atoms with van der Waals surface area (Å²) in [5.74, 6) is -1.07. The third kappa shape index (κ3) is 8.17. The molecule has 1 atom stereocenters. The van der Waals surface area contributed by atoms with Crippen molar-refractivity contribution in [2.75, 3.05) is 19.8 Å². The monoisotopic (exact) mass is 275 g/mol. The summed E-state index contributed by atoms with van der Waals surface area (Å²) in [5, 5.41) is 11.3. The molecule has 0 aromatic heterocycles. The second-order valence-corrected chi connectivity index (χ2v) is 3.51. The van der Waals surface area contributed by atoms with Gasteiger partial charge in [-0.3, -0.25) is 4.79 Å². The average molecular weight is 275 g/mol. The molecule has 0 aromatic rings. The van der Waals surface area contributed by atoms with Gasteiger partial charge in [0.05, 0.1) is 12.5 Å². The zero-order chi connectivity index (χ0) is 14.7. The first-order chi connectivity index (χ1) is 9.04. The van der Waals surface area contributed by atoms with Gasteiger partial charge in [-0.2, -0.15) is 0 Å².